The molecule has 13 heteroatoms. The quantitative estimate of drug-likeness (QED) is 0.0372. The van der Waals surface area contributed by atoms with Crippen molar-refractivity contribution in [2.45, 2.75) is 117 Å². The van der Waals surface area contributed by atoms with Crippen LogP contribution in [0.3, 0.4) is 0 Å². The van der Waals surface area contributed by atoms with E-state index in [9.17, 15) is 9.13 Å². The third-order valence-electron chi connectivity index (χ3n) is 4.45. The van der Waals surface area contributed by atoms with Crippen molar-refractivity contribution in [3.05, 3.63) is 0 Å². The second kappa shape index (κ2) is 33.7. The molecule has 0 saturated carbocycles. The van der Waals surface area contributed by atoms with Gasteiger partial charge in [-0.3, -0.25) is 14.4 Å². The Morgan fingerprint density at radius 2 is 0.853 bits per heavy atom. The first kappa shape index (κ1) is 41.8. The summed E-state index contributed by atoms with van der Waals surface area (Å²) < 4.78 is 36.6. The Bertz CT molecular complexity index is 434. The van der Waals surface area contributed by atoms with Crippen LogP contribution in [-0.2, 0) is 36.9 Å². The van der Waals surface area contributed by atoms with Gasteiger partial charge in [-0.05, 0) is 19.3 Å². The zero-order valence-corrected chi connectivity index (χ0v) is 24.8. The molecule has 0 aromatic rings. The Balaban J connectivity index is -0.000000193. The Labute approximate surface area is 216 Å². The third kappa shape index (κ3) is 63.8. The molecule has 0 bridgehead atoms. The maximum atomic E-state index is 10.4. The van der Waals surface area contributed by atoms with E-state index in [1.807, 2.05) is 0 Å². The summed E-state index contributed by atoms with van der Waals surface area (Å²) >= 11 is -1.75. The van der Waals surface area contributed by atoms with Crippen LogP contribution in [0.25, 0.3) is 0 Å². The van der Waals surface area contributed by atoms with Gasteiger partial charge < -0.3 is 19.6 Å². The molecule has 0 radical (unpaired) electrons. The van der Waals surface area contributed by atoms with Gasteiger partial charge in [-0.25, -0.2) is 4.89 Å². The molecule has 0 aromatic carbocycles. The minimum absolute atomic E-state index is 0.0547. The Kier molecular flexibility index (Phi) is 41.4. The van der Waals surface area contributed by atoms with Gasteiger partial charge in [0, 0.05) is 12.3 Å². The van der Waals surface area contributed by atoms with Gasteiger partial charge in [-0.1, -0.05) is 97.8 Å². The summed E-state index contributed by atoms with van der Waals surface area (Å²) in [5, 5.41) is 7.79. The minimum atomic E-state index is -3.72. The van der Waals surface area contributed by atoms with Crippen LogP contribution in [0, 0.1) is 0 Å². The molecule has 0 atom stereocenters. The molecule has 0 aromatic heterocycles. The second-order valence-electron chi connectivity index (χ2n) is 7.94. The standard InChI is InChI=1S/2C8H19O3P.C5H12O2.H2O.O.Ti/c2*1-2-3-4-5-6-7-8-12(9,10)11;1-2-3-4-5-7-6;;;/h2*2-8H2,1H3,(H2,9,10,11);6H,2-5H2,1H3;1H2;;/q;;;;;+1/p-1. The van der Waals surface area contributed by atoms with E-state index < -0.39 is 34.7 Å². The molecular formula is C21H51O10P2Ti. The predicted molar refractivity (Wildman–Crippen MR) is 132 cm³/mol. The third-order valence-corrected chi connectivity index (χ3v) is 6.24. The van der Waals surface area contributed by atoms with Gasteiger partial charge in [0.25, 0.3) is 0 Å². The monoisotopic (exact) mass is 573 g/mol. The summed E-state index contributed by atoms with van der Waals surface area (Å²) in [6.45, 7) is 6.89. The normalized spacial score (nSPS) is 10.6. The summed E-state index contributed by atoms with van der Waals surface area (Å²) in [5.74, 6) is 0. The zero-order chi connectivity index (χ0) is 27.1. The van der Waals surface area contributed by atoms with Crippen molar-refractivity contribution in [2.24, 2.45) is 0 Å². The van der Waals surface area contributed by atoms with Gasteiger partial charge in [-0.15, -0.1) is 0 Å². The molecule has 0 saturated heterocycles. The van der Waals surface area contributed by atoms with E-state index in [0.29, 0.717) is 19.4 Å². The molecule has 34 heavy (non-hydrogen) atoms. The number of hydrogen-bond acceptors (Lipinski definition) is 5. The van der Waals surface area contributed by atoms with Crippen molar-refractivity contribution in [1.29, 1.82) is 0 Å². The average Bonchev–Trinajstić information content (AvgIpc) is 2.74. The molecule has 0 aliphatic carbocycles. The predicted octanol–water partition coefficient (Wildman–Crippen LogP) is 6.04. The van der Waals surface area contributed by atoms with E-state index in [4.69, 9.17) is 31.8 Å². The van der Waals surface area contributed by atoms with E-state index in [1.54, 1.807) is 0 Å². The average molecular weight is 573 g/mol. The summed E-state index contributed by atoms with van der Waals surface area (Å²) in [6.07, 6.45) is 16.1. The van der Waals surface area contributed by atoms with Gasteiger partial charge in [-0.2, -0.15) is 0 Å². The van der Waals surface area contributed by atoms with Crippen molar-refractivity contribution >= 4 is 15.2 Å². The summed E-state index contributed by atoms with van der Waals surface area (Å²) in [4.78, 5) is 38.0. The topological polar surface area (TPSA) is 182 Å². The van der Waals surface area contributed by atoms with E-state index in [0.717, 1.165) is 38.5 Å². The van der Waals surface area contributed by atoms with Crippen molar-refractivity contribution in [2.75, 3.05) is 18.9 Å². The van der Waals surface area contributed by atoms with E-state index in [-0.39, 0.29) is 12.3 Å². The number of hydrogen-bond donors (Lipinski definition) is 6. The number of rotatable bonds is 18. The summed E-state index contributed by atoms with van der Waals surface area (Å²) in [6, 6.07) is 0. The molecule has 0 aliphatic rings. The van der Waals surface area contributed by atoms with Crippen LogP contribution < -0.4 is 0 Å². The molecule has 0 spiro atoms. The van der Waals surface area contributed by atoms with Gasteiger partial charge in [0.2, 0.25) is 0 Å². The van der Waals surface area contributed by atoms with Gasteiger partial charge in [0.15, 0.2) is 0 Å². The van der Waals surface area contributed by atoms with E-state index >= 15 is 0 Å². The molecule has 0 aliphatic heterocycles. The fourth-order valence-electron chi connectivity index (χ4n) is 2.61. The van der Waals surface area contributed by atoms with Crippen molar-refractivity contribution in [1.82, 2.24) is 0 Å². The number of unbranched alkanes of at least 4 members (excludes halogenated alkanes) is 12. The van der Waals surface area contributed by atoms with Gasteiger partial charge in [0.1, 0.15) is 0 Å². The van der Waals surface area contributed by atoms with Gasteiger partial charge in [0.05, 0.1) is 6.61 Å². The van der Waals surface area contributed by atoms with Crippen molar-refractivity contribution in [3.8, 4) is 0 Å². The fourth-order valence-corrected chi connectivity index (χ4v) is 3.88. The van der Waals surface area contributed by atoms with E-state index in [2.05, 4.69) is 25.7 Å². The molecular weight excluding hydrogens is 522 g/mol. The Morgan fingerprint density at radius 3 is 1.12 bits per heavy atom. The van der Waals surface area contributed by atoms with Crippen LogP contribution in [0.15, 0.2) is 0 Å². The van der Waals surface area contributed by atoms with Crippen molar-refractivity contribution < 1.29 is 65.4 Å². The molecule has 0 amide bonds. The van der Waals surface area contributed by atoms with Crippen molar-refractivity contribution in [3.63, 3.8) is 0 Å². The SMILES string of the molecule is CCCCCCCCP(=O)(O)O.CCCCCCCCP(=O)(O)O.CCCCCOO.[O]=[Ti][OH]. The fraction of sp³-hybridized carbons (Fsp3) is 1.00. The maximum absolute atomic E-state index is 10.4. The molecule has 0 rings (SSSR count). The van der Waals surface area contributed by atoms with Crippen LogP contribution in [0.5, 0.6) is 0 Å². The first-order valence-corrected chi connectivity index (χ1v) is 17.2. The molecule has 10 nitrogen and oxygen atoms in total. The first-order chi connectivity index (χ1) is 15.9. The molecule has 0 fully saturated rings. The van der Waals surface area contributed by atoms with Crippen LogP contribution in [0.1, 0.15) is 117 Å². The Morgan fingerprint density at radius 1 is 0.588 bits per heavy atom. The molecule has 0 unspecified atom stereocenters. The summed E-state index contributed by atoms with van der Waals surface area (Å²) in [7, 11) is -7.44. The molecule has 0 heterocycles. The van der Waals surface area contributed by atoms with Gasteiger partial charge >= 0.3 is 41.7 Å². The molecule has 6 N–H and O–H groups in total. The van der Waals surface area contributed by atoms with Crippen LogP contribution in [0.4, 0.5) is 0 Å². The zero-order valence-electron chi connectivity index (χ0n) is 21.4. The summed E-state index contributed by atoms with van der Waals surface area (Å²) in [5.41, 5.74) is 0. The van der Waals surface area contributed by atoms with Crippen LogP contribution >= 0.6 is 15.2 Å². The van der Waals surface area contributed by atoms with E-state index in [1.165, 1.54) is 44.9 Å². The molecule has 209 valence electrons. The second-order valence-corrected chi connectivity index (χ2v) is 11.8. The van der Waals surface area contributed by atoms with Crippen LogP contribution in [-0.4, -0.2) is 47.4 Å². The first-order valence-electron chi connectivity index (χ1n) is 12.3. The van der Waals surface area contributed by atoms with Crippen LogP contribution in [0.2, 0.25) is 0 Å². The Hall–Kier alpha value is 0.694.